The molecule has 4 aromatic heterocycles. The van der Waals surface area contributed by atoms with Gasteiger partial charge in [-0.15, -0.1) is 11.3 Å². The van der Waals surface area contributed by atoms with Crippen molar-refractivity contribution in [1.29, 1.82) is 0 Å². The summed E-state index contributed by atoms with van der Waals surface area (Å²) in [6.07, 6.45) is 0. The molecule has 0 saturated heterocycles. The monoisotopic (exact) mass is 548 g/mol. The quantitative estimate of drug-likeness (QED) is 0.215. The van der Waals surface area contributed by atoms with Gasteiger partial charge in [-0.3, -0.25) is 0 Å². The third kappa shape index (κ3) is 3.91. The molecular formula is C35H24N4OS. The SMILES string of the molecule is Cn1c(-c2cccc3oc(N(c4ccccc4)c4cccc(-c5csc6ccccc56)n4)nc23)cc2ccccc21. The Hall–Kier alpha value is -5.20. The summed E-state index contributed by atoms with van der Waals surface area (Å²) in [5, 5.41) is 4.58. The Balaban J connectivity index is 1.30. The van der Waals surface area contributed by atoms with E-state index in [1.54, 1.807) is 11.3 Å². The van der Waals surface area contributed by atoms with Gasteiger partial charge in [-0.1, -0.05) is 72.8 Å². The maximum atomic E-state index is 6.48. The Morgan fingerprint density at radius 3 is 2.44 bits per heavy atom. The molecule has 0 aliphatic rings. The van der Waals surface area contributed by atoms with Gasteiger partial charge in [-0.05, 0) is 48.5 Å². The highest BCUT2D eigenvalue weighted by molar-refractivity contribution is 7.17. The second kappa shape index (κ2) is 9.47. The predicted octanol–water partition coefficient (Wildman–Crippen LogP) is 9.73. The van der Waals surface area contributed by atoms with Gasteiger partial charge in [0.1, 0.15) is 11.3 Å². The highest BCUT2D eigenvalue weighted by Crippen LogP contribution is 2.40. The molecule has 0 aliphatic carbocycles. The Morgan fingerprint density at radius 2 is 1.54 bits per heavy atom. The Bertz CT molecular complexity index is 2190. The minimum Gasteiger partial charge on any atom is -0.423 e. The lowest BCUT2D eigenvalue weighted by Crippen LogP contribution is -2.12. The number of aromatic nitrogens is 3. The standard InChI is InChI=1S/C35H24N4OS/c1-38-29-17-7-5-11-23(29)21-30(38)26-15-9-18-31-34(26)37-35(40-31)39(24-12-3-2-4-13-24)33-20-10-16-28(36-33)27-22-41-32-19-8-6-14-25(27)32/h2-22H,1H3. The molecule has 0 aliphatic heterocycles. The number of hydrogen-bond acceptors (Lipinski definition) is 5. The van der Waals surface area contributed by atoms with Crippen LogP contribution in [0.2, 0.25) is 0 Å². The number of hydrogen-bond donors (Lipinski definition) is 0. The molecule has 0 atom stereocenters. The molecule has 196 valence electrons. The number of para-hydroxylation sites is 3. The number of oxazole rings is 1. The highest BCUT2D eigenvalue weighted by atomic mass is 32.1. The molecule has 0 bridgehead atoms. The summed E-state index contributed by atoms with van der Waals surface area (Å²) in [5.74, 6) is 0.738. The molecule has 0 N–H and O–H groups in total. The second-order valence-electron chi connectivity index (χ2n) is 9.99. The van der Waals surface area contributed by atoms with Crippen molar-refractivity contribution in [3.05, 3.63) is 127 Å². The van der Waals surface area contributed by atoms with Crippen LogP contribution in [0.25, 0.3) is 54.6 Å². The minimum absolute atomic E-state index is 0.470. The van der Waals surface area contributed by atoms with Crippen molar-refractivity contribution in [2.45, 2.75) is 0 Å². The topological polar surface area (TPSA) is 47.1 Å². The molecular weight excluding hydrogens is 524 g/mol. The number of fused-ring (bicyclic) bond motifs is 3. The van der Waals surface area contributed by atoms with Crippen LogP contribution in [-0.4, -0.2) is 14.5 Å². The zero-order valence-electron chi connectivity index (χ0n) is 22.2. The zero-order valence-corrected chi connectivity index (χ0v) is 23.0. The molecule has 8 rings (SSSR count). The largest absolute Gasteiger partial charge is 0.423 e. The summed E-state index contributed by atoms with van der Waals surface area (Å²) < 4.78 is 9.94. The van der Waals surface area contributed by atoms with E-state index in [4.69, 9.17) is 14.4 Å². The Morgan fingerprint density at radius 1 is 0.732 bits per heavy atom. The highest BCUT2D eigenvalue weighted by Gasteiger charge is 2.23. The van der Waals surface area contributed by atoms with E-state index in [1.807, 2.05) is 59.5 Å². The summed E-state index contributed by atoms with van der Waals surface area (Å²) >= 11 is 1.73. The lowest BCUT2D eigenvalue weighted by Gasteiger charge is -2.20. The molecule has 0 saturated carbocycles. The van der Waals surface area contributed by atoms with E-state index in [0.29, 0.717) is 6.01 Å². The van der Waals surface area contributed by atoms with Crippen LogP contribution in [0, 0.1) is 0 Å². The molecule has 0 amide bonds. The van der Waals surface area contributed by atoms with Crippen LogP contribution in [0.15, 0.2) is 131 Å². The van der Waals surface area contributed by atoms with Crippen LogP contribution in [0.1, 0.15) is 0 Å². The fourth-order valence-corrected chi connectivity index (χ4v) is 6.53. The first-order chi connectivity index (χ1) is 20.2. The van der Waals surface area contributed by atoms with Crippen molar-refractivity contribution in [3.8, 4) is 22.5 Å². The summed E-state index contributed by atoms with van der Waals surface area (Å²) in [7, 11) is 2.09. The molecule has 0 unspecified atom stereocenters. The van der Waals surface area contributed by atoms with E-state index in [0.717, 1.165) is 45.1 Å². The smallest absolute Gasteiger partial charge is 0.309 e. The van der Waals surface area contributed by atoms with Gasteiger partial charge < -0.3 is 8.98 Å². The fraction of sp³-hybridized carbons (Fsp3) is 0.0286. The lowest BCUT2D eigenvalue weighted by atomic mass is 10.1. The van der Waals surface area contributed by atoms with Crippen molar-refractivity contribution in [2.75, 3.05) is 4.90 Å². The molecule has 4 aromatic carbocycles. The van der Waals surface area contributed by atoms with Crippen LogP contribution in [0.4, 0.5) is 17.5 Å². The Labute approximate surface area is 240 Å². The molecule has 0 radical (unpaired) electrons. The summed E-state index contributed by atoms with van der Waals surface area (Å²) in [6, 6.07) is 41.9. The zero-order chi connectivity index (χ0) is 27.3. The van der Waals surface area contributed by atoms with E-state index < -0.39 is 0 Å². The fourth-order valence-electron chi connectivity index (χ4n) is 5.58. The van der Waals surface area contributed by atoms with Gasteiger partial charge in [0, 0.05) is 44.5 Å². The first-order valence-electron chi connectivity index (χ1n) is 13.5. The predicted molar refractivity (Wildman–Crippen MR) is 169 cm³/mol. The van der Waals surface area contributed by atoms with E-state index in [1.165, 1.54) is 21.0 Å². The van der Waals surface area contributed by atoms with Crippen LogP contribution < -0.4 is 4.90 Å². The number of anilines is 3. The maximum Gasteiger partial charge on any atom is 0.309 e. The van der Waals surface area contributed by atoms with Gasteiger partial charge in [-0.25, -0.2) is 9.88 Å². The molecule has 5 nitrogen and oxygen atoms in total. The second-order valence-corrected chi connectivity index (χ2v) is 10.9. The molecule has 6 heteroatoms. The lowest BCUT2D eigenvalue weighted by molar-refractivity contribution is 0.607. The number of pyridine rings is 1. The van der Waals surface area contributed by atoms with Crippen LogP contribution in [0.5, 0.6) is 0 Å². The average molecular weight is 549 g/mol. The maximum absolute atomic E-state index is 6.48. The number of rotatable bonds is 5. The summed E-state index contributed by atoms with van der Waals surface area (Å²) in [6.45, 7) is 0. The molecule has 41 heavy (non-hydrogen) atoms. The number of benzene rings is 4. The number of thiophene rings is 1. The van der Waals surface area contributed by atoms with Crippen molar-refractivity contribution in [2.24, 2.45) is 7.05 Å². The molecule has 8 aromatic rings. The third-order valence-corrected chi connectivity index (χ3v) is 8.52. The van der Waals surface area contributed by atoms with Crippen LogP contribution >= 0.6 is 11.3 Å². The molecule has 4 heterocycles. The van der Waals surface area contributed by atoms with Gasteiger partial charge in [0.2, 0.25) is 0 Å². The van der Waals surface area contributed by atoms with E-state index in [2.05, 4.69) is 83.7 Å². The molecule has 0 fully saturated rings. The average Bonchev–Trinajstić information content (AvgIpc) is 3.73. The van der Waals surface area contributed by atoms with E-state index >= 15 is 0 Å². The van der Waals surface area contributed by atoms with Crippen molar-refractivity contribution in [3.63, 3.8) is 0 Å². The van der Waals surface area contributed by atoms with Crippen molar-refractivity contribution >= 4 is 60.9 Å². The van der Waals surface area contributed by atoms with E-state index in [9.17, 15) is 0 Å². The van der Waals surface area contributed by atoms with Crippen LogP contribution in [-0.2, 0) is 7.05 Å². The first-order valence-corrected chi connectivity index (χ1v) is 14.4. The normalized spacial score (nSPS) is 11.5. The minimum atomic E-state index is 0.470. The summed E-state index contributed by atoms with van der Waals surface area (Å²) in [4.78, 5) is 12.2. The van der Waals surface area contributed by atoms with Crippen molar-refractivity contribution < 1.29 is 4.42 Å². The third-order valence-electron chi connectivity index (χ3n) is 7.56. The number of nitrogens with zero attached hydrogens (tertiary/aromatic N) is 4. The van der Waals surface area contributed by atoms with Gasteiger partial charge in [0.15, 0.2) is 5.58 Å². The first kappa shape index (κ1) is 23.7. The molecule has 0 spiro atoms. The van der Waals surface area contributed by atoms with Gasteiger partial charge in [0.25, 0.3) is 0 Å². The van der Waals surface area contributed by atoms with Gasteiger partial charge >= 0.3 is 6.01 Å². The summed E-state index contributed by atoms with van der Waals surface area (Å²) in [5.41, 5.74) is 7.78. The van der Waals surface area contributed by atoms with E-state index in [-0.39, 0.29) is 0 Å². The Kier molecular flexibility index (Phi) is 5.47. The van der Waals surface area contributed by atoms with Crippen LogP contribution in [0.3, 0.4) is 0 Å². The van der Waals surface area contributed by atoms with Gasteiger partial charge in [-0.2, -0.15) is 4.98 Å². The van der Waals surface area contributed by atoms with Gasteiger partial charge in [0.05, 0.1) is 17.1 Å². The number of aryl methyl sites for hydroxylation is 1. The van der Waals surface area contributed by atoms with Crippen molar-refractivity contribution in [1.82, 2.24) is 14.5 Å².